The summed E-state index contributed by atoms with van der Waals surface area (Å²) in [7, 11) is 0.772. The fourth-order valence-corrected chi connectivity index (χ4v) is 3.14. The topological polar surface area (TPSA) is 125 Å². The maximum atomic E-state index is 11.4. The minimum absolute atomic E-state index is 0.299. The molecule has 2 aromatic carbocycles. The third kappa shape index (κ3) is 4.86. The number of anilines is 1. The molecule has 0 atom stereocenters. The van der Waals surface area contributed by atoms with Gasteiger partial charge in [0.1, 0.15) is 5.69 Å². The number of methoxy groups -OCH3 is 2. The van der Waals surface area contributed by atoms with Gasteiger partial charge in [-0.05, 0) is 36.2 Å². The van der Waals surface area contributed by atoms with Crippen LogP contribution < -0.4 is 19.5 Å². The molecule has 0 bridgehead atoms. The minimum Gasteiger partial charge on any atom is -0.493 e. The van der Waals surface area contributed by atoms with E-state index < -0.39 is 14.9 Å². The summed E-state index contributed by atoms with van der Waals surface area (Å²) >= 11 is 0. The molecule has 2 N–H and O–H groups in total. The van der Waals surface area contributed by atoms with Crippen molar-refractivity contribution in [3.05, 3.63) is 52.1 Å². The molecule has 9 nitrogen and oxygen atoms in total. The van der Waals surface area contributed by atoms with Crippen LogP contribution in [0.2, 0.25) is 0 Å². The predicted molar refractivity (Wildman–Crippen MR) is 101 cm³/mol. The molecular formula is C17H21N3O6S. The van der Waals surface area contributed by atoms with E-state index in [1.807, 2.05) is 12.1 Å². The normalized spacial score (nSPS) is 11.1. The first-order valence-corrected chi connectivity index (χ1v) is 9.45. The molecular weight excluding hydrogens is 374 g/mol. The van der Waals surface area contributed by atoms with Crippen molar-refractivity contribution in [2.75, 3.05) is 32.7 Å². The Hall–Kier alpha value is -2.85. The van der Waals surface area contributed by atoms with E-state index in [0.717, 1.165) is 11.6 Å². The van der Waals surface area contributed by atoms with Crippen LogP contribution in [0.1, 0.15) is 5.56 Å². The molecule has 0 aromatic heterocycles. The fraction of sp³-hybridized carbons (Fsp3) is 0.294. The molecule has 0 radical (unpaired) electrons. The Bertz CT molecular complexity index is 946. The highest BCUT2D eigenvalue weighted by Crippen LogP contribution is 2.31. The molecule has 0 saturated carbocycles. The second kappa shape index (κ2) is 8.23. The molecule has 0 aliphatic rings. The van der Waals surface area contributed by atoms with Crippen LogP contribution in [-0.2, 0) is 16.4 Å². The Kier molecular flexibility index (Phi) is 6.24. The summed E-state index contributed by atoms with van der Waals surface area (Å²) in [4.78, 5) is 12.1. The van der Waals surface area contributed by atoms with Gasteiger partial charge in [-0.15, -0.1) is 0 Å². The Morgan fingerprint density at radius 1 is 1.11 bits per heavy atom. The van der Waals surface area contributed by atoms with Gasteiger partial charge in [0, 0.05) is 19.7 Å². The van der Waals surface area contributed by atoms with Gasteiger partial charge in [-0.25, -0.2) is 13.6 Å². The lowest BCUT2D eigenvalue weighted by molar-refractivity contribution is -0.384. The van der Waals surface area contributed by atoms with E-state index in [1.165, 1.54) is 12.1 Å². The van der Waals surface area contributed by atoms with Crippen LogP contribution in [0.5, 0.6) is 11.5 Å². The fourth-order valence-electron chi connectivity index (χ4n) is 2.60. The second-order valence-electron chi connectivity index (χ2n) is 5.81. The molecule has 10 heteroatoms. The quantitative estimate of drug-likeness (QED) is 0.535. The van der Waals surface area contributed by atoms with Gasteiger partial charge in [0.15, 0.2) is 11.5 Å². The molecule has 2 aromatic rings. The lowest BCUT2D eigenvalue weighted by Crippen LogP contribution is -2.22. The van der Waals surface area contributed by atoms with Crippen molar-refractivity contribution in [3.8, 4) is 11.5 Å². The molecule has 0 fully saturated rings. The lowest BCUT2D eigenvalue weighted by atomic mass is 10.1. The summed E-state index contributed by atoms with van der Waals surface area (Å²) < 4.78 is 33.3. The van der Waals surface area contributed by atoms with Crippen LogP contribution in [-0.4, -0.2) is 41.2 Å². The highest BCUT2D eigenvalue weighted by atomic mass is 32.2. The standard InChI is InChI=1S/C17H21N3O6S/c1-19(9-8-12-4-7-16(25-2)17(10-12)26-3)14-6-5-13(27(18,23)24)11-15(14)20(21)22/h4-7,10-11H,8-9H2,1-3H3,(H2,18,23,24). The van der Waals surface area contributed by atoms with Crippen LogP contribution in [0.4, 0.5) is 11.4 Å². The third-order valence-corrected chi connectivity index (χ3v) is 4.98. The SMILES string of the molecule is COc1ccc(CCN(C)c2ccc(S(N)(=O)=O)cc2[N+](=O)[O-])cc1OC. The zero-order valence-corrected chi connectivity index (χ0v) is 16.0. The van der Waals surface area contributed by atoms with Crippen molar-refractivity contribution in [1.29, 1.82) is 0 Å². The molecule has 0 amide bonds. The Morgan fingerprint density at radius 3 is 2.33 bits per heavy atom. The largest absolute Gasteiger partial charge is 0.493 e. The monoisotopic (exact) mass is 395 g/mol. The van der Waals surface area contributed by atoms with Gasteiger partial charge < -0.3 is 14.4 Å². The number of sulfonamides is 1. The average molecular weight is 395 g/mol. The first-order chi connectivity index (χ1) is 12.7. The molecule has 0 saturated heterocycles. The Morgan fingerprint density at radius 2 is 1.78 bits per heavy atom. The maximum absolute atomic E-state index is 11.4. The van der Waals surface area contributed by atoms with E-state index in [-0.39, 0.29) is 10.6 Å². The molecule has 0 aliphatic carbocycles. The van der Waals surface area contributed by atoms with Gasteiger partial charge in [0.25, 0.3) is 5.69 Å². The summed E-state index contributed by atoms with van der Waals surface area (Å²) in [5.41, 5.74) is 0.938. The number of nitro benzene ring substituents is 1. The number of benzene rings is 2. The van der Waals surface area contributed by atoms with Crippen molar-refractivity contribution in [1.82, 2.24) is 0 Å². The molecule has 0 spiro atoms. The number of rotatable bonds is 8. The molecule has 0 aliphatic heterocycles. The highest BCUT2D eigenvalue weighted by Gasteiger charge is 2.21. The minimum atomic E-state index is -4.02. The van der Waals surface area contributed by atoms with E-state index >= 15 is 0 Å². The Balaban J connectivity index is 2.23. The zero-order chi connectivity index (χ0) is 20.2. The van der Waals surface area contributed by atoms with Gasteiger partial charge in [0.05, 0.1) is 24.0 Å². The lowest BCUT2D eigenvalue weighted by Gasteiger charge is -2.20. The molecule has 0 unspecified atom stereocenters. The first-order valence-electron chi connectivity index (χ1n) is 7.90. The number of hydrogen-bond acceptors (Lipinski definition) is 7. The number of nitrogens with zero attached hydrogens (tertiary/aromatic N) is 2. The van der Waals surface area contributed by atoms with Crippen LogP contribution in [0.3, 0.4) is 0 Å². The number of nitrogens with two attached hydrogens (primary N) is 1. The van der Waals surface area contributed by atoms with E-state index in [4.69, 9.17) is 14.6 Å². The smallest absolute Gasteiger partial charge is 0.293 e. The van der Waals surface area contributed by atoms with Crippen LogP contribution in [0, 0.1) is 10.1 Å². The third-order valence-electron chi connectivity index (χ3n) is 4.07. The van der Waals surface area contributed by atoms with Crippen molar-refractivity contribution < 1.29 is 22.8 Å². The van der Waals surface area contributed by atoms with E-state index in [9.17, 15) is 18.5 Å². The molecule has 0 heterocycles. The van der Waals surface area contributed by atoms with Gasteiger partial charge >= 0.3 is 0 Å². The van der Waals surface area contributed by atoms with E-state index in [2.05, 4.69) is 0 Å². The van der Waals surface area contributed by atoms with Gasteiger partial charge in [-0.3, -0.25) is 10.1 Å². The van der Waals surface area contributed by atoms with E-state index in [0.29, 0.717) is 30.2 Å². The second-order valence-corrected chi connectivity index (χ2v) is 7.37. The van der Waals surface area contributed by atoms with Gasteiger partial charge in [-0.1, -0.05) is 6.07 Å². The van der Waals surface area contributed by atoms with Gasteiger partial charge in [-0.2, -0.15) is 0 Å². The highest BCUT2D eigenvalue weighted by molar-refractivity contribution is 7.89. The number of primary sulfonamides is 1. The van der Waals surface area contributed by atoms with Crippen molar-refractivity contribution in [2.24, 2.45) is 5.14 Å². The summed E-state index contributed by atoms with van der Waals surface area (Å²) in [5, 5.41) is 16.4. The van der Waals surface area contributed by atoms with Gasteiger partial charge in [0.2, 0.25) is 10.0 Å². The van der Waals surface area contributed by atoms with Crippen molar-refractivity contribution in [2.45, 2.75) is 11.3 Å². The number of hydrogen-bond donors (Lipinski definition) is 1. The molecule has 27 heavy (non-hydrogen) atoms. The summed E-state index contributed by atoms with van der Waals surface area (Å²) in [6.45, 7) is 0.463. The molecule has 2 rings (SSSR count). The first kappa shape index (κ1) is 20.5. The van der Waals surface area contributed by atoms with Crippen LogP contribution in [0.25, 0.3) is 0 Å². The van der Waals surface area contributed by atoms with Crippen molar-refractivity contribution >= 4 is 21.4 Å². The predicted octanol–water partition coefficient (Wildman–Crippen LogP) is 1.94. The number of likely N-dealkylation sites (N-methyl/N-ethyl adjacent to an activating group) is 1. The summed E-state index contributed by atoms with van der Waals surface area (Å²) in [6, 6.07) is 9.12. The zero-order valence-electron chi connectivity index (χ0n) is 15.2. The average Bonchev–Trinajstić information content (AvgIpc) is 2.64. The summed E-state index contributed by atoms with van der Waals surface area (Å²) in [5.74, 6) is 1.21. The maximum Gasteiger partial charge on any atom is 0.293 e. The number of ether oxygens (including phenoxy) is 2. The summed E-state index contributed by atoms with van der Waals surface area (Å²) in [6.07, 6.45) is 0.588. The number of nitro groups is 1. The van der Waals surface area contributed by atoms with Crippen LogP contribution >= 0.6 is 0 Å². The Labute approximate surface area is 157 Å². The van der Waals surface area contributed by atoms with E-state index in [1.54, 1.807) is 32.2 Å². The molecule has 146 valence electrons. The van der Waals surface area contributed by atoms with Crippen LogP contribution in [0.15, 0.2) is 41.3 Å². The van der Waals surface area contributed by atoms with Crippen molar-refractivity contribution in [3.63, 3.8) is 0 Å².